The summed E-state index contributed by atoms with van der Waals surface area (Å²) < 4.78 is 5.09. The van der Waals surface area contributed by atoms with Gasteiger partial charge in [0.15, 0.2) is 0 Å². The fraction of sp³-hybridized carbons (Fsp3) is 0.176. The average molecular weight is 328 g/mol. The average Bonchev–Trinajstić information content (AvgIpc) is 2.84. The van der Waals surface area contributed by atoms with E-state index >= 15 is 0 Å². The smallest absolute Gasteiger partial charge is 0.247 e. The monoisotopic (exact) mass is 328 g/mol. The third kappa shape index (κ3) is 3.03. The number of hydrogen-bond donors (Lipinski definition) is 1. The van der Waals surface area contributed by atoms with Crippen molar-refractivity contribution in [1.29, 1.82) is 0 Å². The lowest BCUT2D eigenvalue weighted by atomic mass is 10.3. The maximum atomic E-state index is 12.6. The van der Waals surface area contributed by atoms with Crippen LogP contribution >= 0.6 is 11.8 Å². The number of methoxy groups -OCH3 is 1. The van der Waals surface area contributed by atoms with Crippen LogP contribution in [-0.4, -0.2) is 24.2 Å². The Morgan fingerprint density at radius 3 is 2.48 bits per heavy atom. The Hall–Kier alpha value is -2.47. The summed E-state index contributed by atoms with van der Waals surface area (Å²) in [6.45, 7) is 0. The van der Waals surface area contributed by atoms with Gasteiger partial charge in [0, 0.05) is 17.0 Å². The quantitative estimate of drug-likeness (QED) is 0.690. The second kappa shape index (κ2) is 6.34. The summed E-state index contributed by atoms with van der Waals surface area (Å²) in [5.74, 6) is 0.261. The molecule has 1 aliphatic heterocycles. The van der Waals surface area contributed by atoms with Crippen LogP contribution in [0.5, 0.6) is 5.75 Å². The van der Waals surface area contributed by atoms with E-state index in [0.717, 1.165) is 4.90 Å². The topological polar surface area (TPSA) is 72.6 Å². The van der Waals surface area contributed by atoms with Crippen LogP contribution in [0, 0.1) is 0 Å². The van der Waals surface area contributed by atoms with Crippen LogP contribution in [0.15, 0.2) is 53.4 Å². The molecule has 0 aliphatic carbocycles. The van der Waals surface area contributed by atoms with E-state index in [9.17, 15) is 9.59 Å². The lowest BCUT2D eigenvalue weighted by Crippen LogP contribution is -2.31. The molecule has 1 aliphatic rings. The zero-order chi connectivity index (χ0) is 16.4. The fourth-order valence-corrected chi connectivity index (χ4v) is 3.54. The zero-order valence-electron chi connectivity index (χ0n) is 12.6. The zero-order valence-corrected chi connectivity index (χ0v) is 13.4. The summed E-state index contributed by atoms with van der Waals surface area (Å²) in [6, 6.07) is 14.2. The SMILES string of the molecule is COc1ccc(N2C(=O)CC(Sc3ccccc3N)C2=O)cc1. The van der Waals surface area contributed by atoms with Gasteiger partial charge in [-0.3, -0.25) is 9.59 Å². The van der Waals surface area contributed by atoms with Gasteiger partial charge in [-0.15, -0.1) is 11.8 Å². The molecule has 6 heteroatoms. The summed E-state index contributed by atoms with van der Waals surface area (Å²) in [6.07, 6.45) is 0.170. The maximum absolute atomic E-state index is 12.6. The summed E-state index contributed by atoms with van der Waals surface area (Å²) in [5, 5.41) is -0.450. The van der Waals surface area contributed by atoms with Crippen LogP contribution in [0.2, 0.25) is 0 Å². The molecule has 2 N–H and O–H groups in total. The second-order valence-corrected chi connectivity index (χ2v) is 6.36. The molecule has 1 fully saturated rings. The van der Waals surface area contributed by atoms with Crippen molar-refractivity contribution < 1.29 is 14.3 Å². The number of hydrogen-bond acceptors (Lipinski definition) is 5. The molecule has 3 rings (SSSR count). The molecule has 0 radical (unpaired) electrons. The highest BCUT2D eigenvalue weighted by atomic mass is 32.2. The Kier molecular flexibility index (Phi) is 4.25. The minimum atomic E-state index is -0.450. The molecule has 23 heavy (non-hydrogen) atoms. The van der Waals surface area contributed by atoms with Gasteiger partial charge in [0.2, 0.25) is 11.8 Å². The predicted molar refractivity (Wildman–Crippen MR) is 90.6 cm³/mol. The number of para-hydroxylation sites is 1. The normalized spacial score (nSPS) is 17.6. The van der Waals surface area contributed by atoms with Crippen LogP contribution in [0.1, 0.15) is 6.42 Å². The third-order valence-electron chi connectivity index (χ3n) is 3.62. The van der Waals surface area contributed by atoms with Crippen LogP contribution in [0.4, 0.5) is 11.4 Å². The van der Waals surface area contributed by atoms with Crippen molar-refractivity contribution in [2.45, 2.75) is 16.6 Å². The molecule has 0 saturated carbocycles. The Labute approximate surface area is 138 Å². The number of rotatable bonds is 4. The number of nitrogens with two attached hydrogens (primary N) is 1. The summed E-state index contributed by atoms with van der Waals surface area (Å²) in [7, 11) is 1.57. The first-order valence-electron chi connectivity index (χ1n) is 7.12. The second-order valence-electron chi connectivity index (χ2n) is 5.11. The van der Waals surface area contributed by atoms with Gasteiger partial charge in [-0.1, -0.05) is 12.1 Å². The molecule has 1 heterocycles. The highest BCUT2D eigenvalue weighted by Gasteiger charge is 2.40. The molecule has 2 aromatic rings. The number of carbonyl (C=O) groups excluding carboxylic acids is 2. The van der Waals surface area contributed by atoms with Gasteiger partial charge < -0.3 is 10.5 Å². The molecule has 5 nitrogen and oxygen atoms in total. The van der Waals surface area contributed by atoms with Crippen molar-refractivity contribution in [2.75, 3.05) is 17.7 Å². The lowest BCUT2D eigenvalue weighted by Gasteiger charge is -2.15. The molecular formula is C17H16N2O3S. The number of thioether (sulfide) groups is 1. The predicted octanol–water partition coefficient (Wildman–Crippen LogP) is 2.70. The largest absolute Gasteiger partial charge is 0.497 e. The van der Waals surface area contributed by atoms with Gasteiger partial charge in [-0.05, 0) is 36.4 Å². The summed E-state index contributed by atoms with van der Waals surface area (Å²) in [4.78, 5) is 26.9. The van der Waals surface area contributed by atoms with Crippen molar-refractivity contribution in [3.05, 3.63) is 48.5 Å². The van der Waals surface area contributed by atoms with E-state index in [1.54, 1.807) is 37.4 Å². The van der Waals surface area contributed by atoms with E-state index in [-0.39, 0.29) is 18.2 Å². The van der Waals surface area contributed by atoms with Gasteiger partial charge in [0.25, 0.3) is 0 Å². The van der Waals surface area contributed by atoms with Crippen LogP contribution in [-0.2, 0) is 9.59 Å². The van der Waals surface area contributed by atoms with Crippen molar-refractivity contribution >= 4 is 35.0 Å². The van der Waals surface area contributed by atoms with Crippen LogP contribution in [0.3, 0.4) is 0 Å². The number of nitrogen functional groups attached to an aromatic ring is 1. The van der Waals surface area contributed by atoms with E-state index in [2.05, 4.69) is 0 Å². The molecule has 118 valence electrons. The molecular weight excluding hydrogens is 312 g/mol. The Balaban J connectivity index is 1.80. The first-order valence-corrected chi connectivity index (χ1v) is 8.00. The highest BCUT2D eigenvalue weighted by molar-refractivity contribution is 8.00. The van der Waals surface area contributed by atoms with Crippen LogP contribution < -0.4 is 15.4 Å². The summed E-state index contributed by atoms with van der Waals surface area (Å²) >= 11 is 1.33. The van der Waals surface area contributed by atoms with Crippen molar-refractivity contribution in [2.24, 2.45) is 0 Å². The molecule has 0 spiro atoms. The van der Waals surface area contributed by atoms with E-state index in [1.165, 1.54) is 16.7 Å². The van der Waals surface area contributed by atoms with E-state index < -0.39 is 5.25 Å². The Bertz CT molecular complexity index is 746. The minimum Gasteiger partial charge on any atom is -0.497 e. The van der Waals surface area contributed by atoms with E-state index in [1.807, 2.05) is 18.2 Å². The molecule has 1 atom stereocenters. The van der Waals surface area contributed by atoms with Gasteiger partial charge in [-0.25, -0.2) is 4.90 Å². The molecule has 2 aromatic carbocycles. The lowest BCUT2D eigenvalue weighted by molar-refractivity contribution is -0.121. The number of ether oxygens (including phenoxy) is 1. The molecule has 2 amide bonds. The molecule has 0 aromatic heterocycles. The third-order valence-corrected chi connectivity index (χ3v) is 4.90. The number of benzene rings is 2. The van der Waals surface area contributed by atoms with Gasteiger partial charge in [0.05, 0.1) is 18.0 Å². The van der Waals surface area contributed by atoms with Crippen LogP contribution in [0.25, 0.3) is 0 Å². The molecule has 0 bridgehead atoms. The van der Waals surface area contributed by atoms with Crippen molar-refractivity contribution in [3.8, 4) is 5.75 Å². The highest BCUT2D eigenvalue weighted by Crippen LogP contribution is 2.36. The van der Waals surface area contributed by atoms with E-state index in [0.29, 0.717) is 17.1 Å². The van der Waals surface area contributed by atoms with Gasteiger partial charge in [0.1, 0.15) is 5.75 Å². The number of anilines is 2. The number of nitrogens with zero attached hydrogens (tertiary/aromatic N) is 1. The Morgan fingerprint density at radius 1 is 1.13 bits per heavy atom. The van der Waals surface area contributed by atoms with Gasteiger partial charge >= 0.3 is 0 Å². The van der Waals surface area contributed by atoms with Gasteiger partial charge in [-0.2, -0.15) is 0 Å². The Morgan fingerprint density at radius 2 is 1.83 bits per heavy atom. The first kappa shape index (κ1) is 15.4. The number of amides is 2. The number of imide groups is 1. The molecule has 1 unspecified atom stereocenters. The maximum Gasteiger partial charge on any atom is 0.247 e. The first-order chi connectivity index (χ1) is 11.1. The summed E-state index contributed by atoms with van der Waals surface area (Å²) in [5.41, 5.74) is 7.08. The standard InChI is InChI=1S/C17H16N2O3S/c1-22-12-8-6-11(7-9-12)19-16(20)10-15(17(19)21)23-14-5-3-2-4-13(14)18/h2-9,15H,10,18H2,1H3. The van der Waals surface area contributed by atoms with E-state index in [4.69, 9.17) is 10.5 Å². The molecule has 1 saturated heterocycles. The minimum absolute atomic E-state index is 0.170. The number of carbonyl (C=O) groups is 2. The fourth-order valence-electron chi connectivity index (χ4n) is 2.44. The van der Waals surface area contributed by atoms with Crippen molar-refractivity contribution in [1.82, 2.24) is 0 Å². The van der Waals surface area contributed by atoms with Crippen molar-refractivity contribution in [3.63, 3.8) is 0 Å².